The predicted molar refractivity (Wildman–Crippen MR) is 84.0 cm³/mol. The van der Waals surface area contributed by atoms with E-state index in [4.69, 9.17) is 4.74 Å². The molecular formula is C19H26O2. The summed E-state index contributed by atoms with van der Waals surface area (Å²) in [5, 5.41) is 0. The minimum atomic E-state index is -0.183. The van der Waals surface area contributed by atoms with Gasteiger partial charge >= 0.3 is 5.97 Å². The Morgan fingerprint density at radius 1 is 1.24 bits per heavy atom. The molecule has 3 rings (SSSR count). The zero-order chi connectivity index (χ0) is 15.3. The van der Waals surface area contributed by atoms with Crippen molar-refractivity contribution in [2.24, 2.45) is 16.7 Å². The lowest BCUT2D eigenvalue weighted by Gasteiger charge is -2.38. The molecule has 1 aromatic carbocycles. The summed E-state index contributed by atoms with van der Waals surface area (Å²) in [7, 11) is 0. The summed E-state index contributed by atoms with van der Waals surface area (Å²) < 4.78 is 5.96. The number of ether oxygens (including phenoxy) is 1. The van der Waals surface area contributed by atoms with Crippen molar-refractivity contribution in [3.8, 4) is 0 Å². The van der Waals surface area contributed by atoms with Crippen LogP contribution in [0.2, 0.25) is 0 Å². The van der Waals surface area contributed by atoms with E-state index >= 15 is 0 Å². The quantitative estimate of drug-likeness (QED) is 0.762. The molecule has 4 unspecified atom stereocenters. The van der Waals surface area contributed by atoms with Gasteiger partial charge in [-0.15, -0.1) is 0 Å². The average molecular weight is 286 g/mol. The third kappa shape index (κ3) is 2.11. The molecule has 0 amide bonds. The van der Waals surface area contributed by atoms with Gasteiger partial charge in [-0.05, 0) is 43.1 Å². The Hall–Kier alpha value is -1.31. The number of rotatable bonds is 3. The van der Waals surface area contributed by atoms with Crippen molar-refractivity contribution in [1.82, 2.24) is 0 Å². The molecule has 2 aliphatic carbocycles. The van der Waals surface area contributed by atoms with Crippen LogP contribution in [-0.4, -0.2) is 12.1 Å². The second-order valence-corrected chi connectivity index (χ2v) is 7.67. The van der Waals surface area contributed by atoms with Gasteiger partial charge in [0.1, 0.15) is 6.10 Å². The van der Waals surface area contributed by atoms with Gasteiger partial charge in [-0.2, -0.15) is 0 Å². The van der Waals surface area contributed by atoms with E-state index in [1.54, 1.807) is 0 Å². The van der Waals surface area contributed by atoms with E-state index in [0.29, 0.717) is 5.92 Å². The van der Waals surface area contributed by atoms with Gasteiger partial charge < -0.3 is 4.74 Å². The molecule has 0 aliphatic heterocycles. The molecule has 0 aromatic heterocycles. The first-order valence-electron chi connectivity index (χ1n) is 8.11. The highest BCUT2D eigenvalue weighted by Crippen LogP contribution is 2.66. The summed E-state index contributed by atoms with van der Waals surface area (Å²) in [5.41, 5.74) is 1.47. The molecule has 2 bridgehead atoms. The summed E-state index contributed by atoms with van der Waals surface area (Å²) in [5.74, 6) is 0.445. The van der Waals surface area contributed by atoms with Crippen LogP contribution < -0.4 is 0 Å². The average Bonchev–Trinajstić information content (AvgIpc) is 2.80. The molecule has 0 N–H and O–H groups in total. The van der Waals surface area contributed by atoms with Gasteiger partial charge in [-0.25, -0.2) is 0 Å². The molecule has 2 aliphatic rings. The standard InChI is InChI=1S/C19H26O2/c1-13(14-8-6-5-7-9-14)17(20)21-16-12-15-10-11-19(16,4)18(15,2)3/h5-9,13,15-16H,10-12H2,1-4H3. The minimum absolute atomic E-state index is 0.0734. The number of hydrogen-bond acceptors (Lipinski definition) is 2. The molecule has 1 aromatic rings. The van der Waals surface area contributed by atoms with Crippen LogP contribution >= 0.6 is 0 Å². The summed E-state index contributed by atoms with van der Waals surface area (Å²) in [4.78, 5) is 12.5. The molecule has 0 spiro atoms. The molecule has 0 radical (unpaired) electrons. The predicted octanol–water partition coefficient (Wildman–Crippen LogP) is 4.55. The Kier molecular flexibility index (Phi) is 3.38. The monoisotopic (exact) mass is 286 g/mol. The van der Waals surface area contributed by atoms with Crippen molar-refractivity contribution in [3.63, 3.8) is 0 Å². The van der Waals surface area contributed by atoms with Gasteiger partial charge in [-0.3, -0.25) is 4.79 Å². The number of fused-ring (bicyclic) bond motifs is 2. The van der Waals surface area contributed by atoms with Crippen molar-refractivity contribution in [1.29, 1.82) is 0 Å². The highest BCUT2D eigenvalue weighted by Gasteiger charge is 2.62. The van der Waals surface area contributed by atoms with Gasteiger partial charge in [0, 0.05) is 5.41 Å². The summed E-state index contributed by atoms with van der Waals surface area (Å²) in [6.45, 7) is 8.95. The third-order valence-electron chi connectivity index (χ3n) is 6.63. The maximum Gasteiger partial charge on any atom is 0.313 e. The molecule has 0 saturated heterocycles. The molecule has 2 heteroatoms. The number of carbonyl (C=O) groups excluding carboxylic acids is 1. The molecule has 2 nitrogen and oxygen atoms in total. The van der Waals surface area contributed by atoms with Gasteiger partial charge in [-0.1, -0.05) is 51.1 Å². The van der Waals surface area contributed by atoms with Gasteiger partial charge in [0.2, 0.25) is 0 Å². The SMILES string of the molecule is CC(C(=O)OC1CC2CCC1(C)C2(C)C)c1ccccc1. The summed E-state index contributed by atoms with van der Waals surface area (Å²) in [6, 6.07) is 9.92. The molecule has 2 fully saturated rings. The Morgan fingerprint density at radius 3 is 2.43 bits per heavy atom. The Morgan fingerprint density at radius 2 is 1.90 bits per heavy atom. The van der Waals surface area contributed by atoms with E-state index in [2.05, 4.69) is 20.8 Å². The third-order valence-corrected chi connectivity index (χ3v) is 6.63. The van der Waals surface area contributed by atoms with Crippen molar-refractivity contribution < 1.29 is 9.53 Å². The van der Waals surface area contributed by atoms with E-state index < -0.39 is 0 Å². The van der Waals surface area contributed by atoms with Crippen molar-refractivity contribution in [3.05, 3.63) is 35.9 Å². The highest BCUT2D eigenvalue weighted by molar-refractivity contribution is 5.77. The number of hydrogen-bond donors (Lipinski definition) is 0. The second-order valence-electron chi connectivity index (χ2n) is 7.67. The molecule has 2 saturated carbocycles. The first-order chi connectivity index (χ1) is 9.86. The van der Waals surface area contributed by atoms with Crippen LogP contribution in [0.5, 0.6) is 0 Å². The van der Waals surface area contributed by atoms with E-state index in [-0.39, 0.29) is 28.8 Å². The van der Waals surface area contributed by atoms with E-state index in [0.717, 1.165) is 12.0 Å². The first kappa shape index (κ1) is 14.6. The van der Waals surface area contributed by atoms with E-state index in [1.807, 2.05) is 37.3 Å². The number of benzene rings is 1. The Bertz CT molecular complexity index is 534. The van der Waals surface area contributed by atoms with Gasteiger partial charge in [0.15, 0.2) is 0 Å². The van der Waals surface area contributed by atoms with Crippen LogP contribution in [0.3, 0.4) is 0 Å². The van der Waals surface area contributed by atoms with Crippen LogP contribution in [0, 0.1) is 16.7 Å². The maximum absolute atomic E-state index is 12.5. The first-order valence-corrected chi connectivity index (χ1v) is 8.11. The summed E-state index contributed by atoms with van der Waals surface area (Å²) in [6.07, 6.45) is 3.59. The Labute approximate surface area is 127 Å². The van der Waals surface area contributed by atoms with Gasteiger partial charge in [0.25, 0.3) is 0 Å². The fourth-order valence-electron chi connectivity index (χ4n) is 4.43. The second kappa shape index (κ2) is 4.86. The molecular weight excluding hydrogens is 260 g/mol. The highest BCUT2D eigenvalue weighted by atomic mass is 16.5. The Balaban J connectivity index is 1.72. The van der Waals surface area contributed by atoms with Crippen molar-refractivity contribution >= 4 is 5.97 Å². The van der Waals surface area contributed by atoms with E-state index in [9.17, 15) is 4.79 Å². The lowest BCUT2D eigenvalue weighted by atomic mass is 9.70. The zero-order valence-electron chi connectivity index (χ0n) is 13.6. The molecule has 0 heterocycles. The number of carbonyl (C=O) groups is 1. The topological polar surface area (TPSA) is 26.3 Å². The van der Waals surface area contributed by atoms with Crippen LogP contribution in [0.25, 0.3) is 0 Å². The fourth-order valence-corrected chi connectivity index (χ4v) is 4.43. The van der Waals surface area contributed by atoms with Crippen LogP contribution in [0.15, 0.2) is 30.3 Å². The molecule has 4 atom stereocenters. The fraction of sp³-hybridized carbons (Fsp3) is 0.632. The normalized spacial score (nSPS) is 34.7. The van der Waals surface area contributed by atoms with Crippen LogP contribution in [-0.2, 0) is 9.53 Å². The van der Waals surface area contributed by atoms with Gasteiger partial charge in [0.05, 0.1) is 5.92 Å². The smallest absolute Gasteiger partial charge is 0.313 e. The zero-order valence-corrected chi connectivity index (χ0v) is 13.6. The maximum atomic E-state index is 12.5. The van der Waals surface area contributed by atoms with E-state index in [1.165, 1.54) is 12.8 Å². The lowest BCUT2D eigenvalue weighted by Crippen LogP contribution is -2.39. The minimum Gasteiger partial charge on any atom is -0.461 e. The van der Waals surface area contributed by atoms with Crippen molar-refractivity contribution in [2.45, 2.75) is 59.0 Å². The number of esters is 1. The lowest BCUT2D eigenvalue weighted by molar-refractivity contribution is -0.158. The summed E-state index contributed by atoms with van der Waals surface area (Å²) >= 11 is 0. The van der Waals surface area contributed by atoms with Crippen molar-refractivity contribution in [2.75, 3.05) is 0 Å². The molecule has 21 heavy (non-hydrogen) atoms. The largest absolute Gasteiger partial charge is 0.461 e. The van der Waals surface area contributed by atoms with Crippen LogP contribution in [0.4, 0.5) is 0 Å². The molecule has 114 valence electrons. The van der Waals surface area contributed by atoms with Crippen LogP contribution in [0.1, 0.15) is 58.4 Å².